The van der Waals surface area contributed by atoms with Crippen LogP contribution in [0.1, 0.15) is 31.7 Å². The summed E-state index contributed by atoms with van der Waals surface area (Å²) in [5, 5.41) is -0.651. The lowest BCUT2D eigenvalue weighted by Crippen LogP contribution is -2.62. The van der Waals surface area contributed by atoms with E-state index in [9.17, 15) is 14.4 Å². The van der Waals surface area contributed by atoms with E-state index in [0.29, 0.717) is 19.4 Å². The molecule has 1 aromatic rings. The van der Waals surface area contributed by atoms with Crippen LogP contribution < -0.4 is 0 Å². The molecule has 142 valence electrons. The van der Waals surface area contributed by atoms with Crippen LogP contribution in [0.5, 0.6) is 0 Å². The fourth-order valence-electron chi connectivity index (χ4n) is 3.30. The highest BCUT2D eigenvalue weighted by Crippen LogP contribution is 2.22. The van der Waals surface area contributed by atoms with Gasteiger partial charge in [0.15, 0.2) is 0 Å². The smallest absolute Gasteiger partial charge is 0.328 e. The second-order valence-electron chi connectivity index (χ2n) is 6.36. The van der Waals surface area contributed by atoms with Crippen molar-refractivity contribution in [3.8, 4) is 0 Å². The molecule has 0 saturated carbocycles. The van der Waals surface area contributed by atoms with Crippen molar-refractivity contribution < 1.29 is 19.1 Å². The molecular formula is C19H25ClN2O4. The Bertz CT molecular complexity index is 638. The minimum absolute atomic E-state index is 0.263. The van der Waals surface area contributed by atoms with E-state index in [1.165, 1.54) is 12.0 Å². The molecule has 2 rings (SSSR count). The van der Waals surface area contributed by atoms with Gasteiger partial charge in [-0.3, -0.25) is 9.59 Å². The largest absolute Gasteiger partial charge is 0.467 e. The van der Waals surface area contributed by atoms with Gasteiger partial charge in [0.25, 0.3) is 0 Å². The molecular weight excluding hydrogens is 356 g/mol. The summed E-state index contributed by atoms with van der Waals surface area (Å²) in [5.41, 5.74) is 0.929. The summed E-state index contributed by atoms with van der Waals surface area (Å²) in [5.74, 6) is -0.684. The van der Waals surface area contributed by atoms with E-state index in [-0.39, 0.29) is 12.5 Å². The number of ether oxygens (including phenoxy) is 1. The van der Waals surface area contributed by atoms with Crippen LogP contribution in [0.4, 0.5) is 4.79 Å². The van der Waals surface area contributed by atoms with Gasteiger partial charge < -0.3 is 14.5 Å². The second-order valence-corrected chi connectivity index (χ2v) is 6.69. The Morgan fingerprint density at radius 3 is 2.54 bits per heavy atom. The van der Waals surface area contributed by atoms with Crippen molar-refractivity contribution in [3.05, 3.63) is 35.9 Å². The highest BCUT2D eigenvalue weighted by atomic mass is 35.5. The summed E-state index contributed by atoms with van der Waals surface area (Å²) < 4.78 is 4.90. The Morgan fingerprint density at radius 2 is 1.96 bits per heavy atom. The number of hydrogen-bond acceptors (Lipinski definition) is 4. The first kappa shape index (κ1) is 20.2. The third kappa shape index (κ3) is 4.75. The molecule has 2 unspecified atom stereocenters. The van der Waals surface area contributed by atoms with Gasteiger partial charge in [0.1, 0.15) is 12.1 Å². The zero-order valence-corrected chi connectivity index (χ0v) is 15.9. The van der Waals surface area contributed by atoms with Gasteiger partial charge in [0, 0.05) is 19.5 Å². The molecule has 0 bridgehead atoms. The Kier molecular flexibility index (Phi) is 7.45. The maximum Gasteiger partial charge on any atom is 0.328 e. The Balaban J connectivity index is 2.25. The molecule has 0 spiro atoms. The quantitative estimate of drug-likeness (QED) is 0.414. The zero-order valence-electron chi connectivity index (χ0n) is 15.2. The number of unbranched alkanes of at least 4 members (excludes halogenated alkanes) is 1. The molecule has 0 radical (unpaired) electrons. The standard InChI is InChI=1S/C19H25ClN2O4/c1-3-4-10-15(18(24)26-2)21-11-12-22(19(20)25)16(17(21)23)13-14-8-6-5-7-9-14/h5-9,15-16H,3-4,10-13H2,1-2H3. The molecule has 2 amide bonds. The number of carbonyl (C=O) groups excluding carboxylic acids is 3. The lowest BCUT2D eigenvalue weighted by molar-refractivity contribution is -0.157. The van der Waals surface area contributed by atoms with Gasteiger partial charge in [-0.2, -0.15) is 0 Å². The van der Waals surface area contributed by atoms with Crippen molar-refractivity contribution in [3.63, 3.8) is 0 Å². The molecule has 1 heterocycles. The van der Waals surface area contributed by atoms with Crippen molar-refractivity contribution in [2.75, 3.05) is 20.2 Å². The number of benzene rings is 1. The second kappa shape index (κ2) is 9.57. The number of rotatable bonds is 7. The summed E-state index contributed by atoms with van der Waals surface area (Å²) in [4.78, 5) is 40.1. The summed E-state index contributed by atoms with van der Waals surface area (Å²) in [6, 6.07) is 8.11. The number of esters is 1. The van der Waals surface area contributed by atoms with Crippen molar-refractivity contribution in [2.45, 2.75) is 44.7 Å². The normalized spacial score (nSPS) is 18.6. The fourth-order valence-corrected chi connectivity index (χ4v) is 3.50. The van der Waals surface area contributed by atoms with E-state index in [4.69, 9.17) is 16.3 Å². The van der Waals surface area contributed by atoms with E-state index >= 15 is 0 Å². The monoisotopic (exact) mass is 380 g/mol. The Labute approximate surface area is 159 Å². The number of nitrogens with zero attached hydrogens (tertiary/aromatic N) is 2. The minimum atomic E-state index is -0.718. The van der Waals surface area contributed by atoms with Crippen LogP contribution in [0, 0.1) is 0 Å². The van der Waals surface area contributed by atoms with Crippen LogP contribution >= 0.6 is 11.6 Å². The SMILES string of the molecule is CCCCC(C(=O)OC)N1CCN(C(=O)Cl)C(Cc2ccccc2)C1=O. The molecule has 6 nitrogen and oxygen atoms in total. The van der Waals surface area contributed by atoms with Gasteiger partial charge in [0.05, 0.1) is 7.11 Å². The van der Waals surface area contributed by atoms with Gasteiger partial charge in [-0.1, -0.05) is 50.1 Å². The van der Waals surface area contributed by atoms with Gasteiger partial charge >= 0.3 is 11.3 Å². The average molecular weight is 381 g/mol. The van der Waals surface area contributed by atoms with Crippen LogP contribution in [-0.2, 0) is 20.7 Å². The number of carbonyl (C=O) groups is 3. The van der Waals surface area contributed by atoms with Crippen molar-refractivity contribution in [1.82, 2.24) is 9.80 Å². The molecule has 0 aliphatic carbocycles. The van der Waals surface area contributed by atoms with E-state index in [0.717, 1.165) is 18.4 Å². The highest BCUT2D eigenvalue weighted by Gasteiger charge is 2.41. The van der Waals surface area contributed by atoms with E-state index < -0.39 is 23.4 Å². The zero-order chi connectivity index (χ0) is 19.1. The summed E-state index contributed by atoms with van der Waals surface area (Å²) >= 11 is 5.71. The third-order valence-corrected chi connectivity index (χ3v) is 4.92. The lowest BCUT2D eigenvalue weighted by Gasteiger charge is -2.42. The highest BCUT2D eigenvalue weighted by molar-refractivity contribution is 6.63. The van der Waals surface area contributed by atoms with E-state index in [1.807, 2.05) is 37.3 Å². The van der Waals surface area contributed by atoms with Crippen molar-refractivity contribution in [2.24, 2.45) is 0 Å². The molecule has 1 aliphatic rings. The first-order chi connectivity index (χ1) is 12.5. The molecule has 1 aromatic carbocycles. The Hall–Kier alpha value is -2.08. The third-order valence-electron chi connectivity index (χ3n) is 4.70. The number of halogens is 1. The molecule has 1 saturated heterocycles. The van der Waals surface area contributed by atoms with Crippen LogP contribution in [0.2, 0.25) is 0 Å². The Morgan fingerprint density at radius 1 is 1.27 bits per heavy atom. The summed E-state index contributed by atoms with van der Waals surface area (Å²) in [6.45, 7) is 2.59. The maximum atomic E-state index is 13.1. The van der Waals surface area contributed by atoms with Crippen molar-refractivity contribution in [1.29, 1.82) is 0 Å². The van der Waals surface area contributed by atoms with Crippen molar-refractivity contribution >= 4 is 28.8 Å². The van der Waals surface area contributed by atoms with Gasteiger partial charge in [0.2, 0.25) is 5.91 Å². The van der Waals surface area contributed by atoms with Crippen LogP contribution in [0.25, 0.3) is 0 Å². The number of hydrogen-bond donors (Lipinski definition) is 0. The summed E-state index contributed by atoms with van der Waals surface area (Å²) in [7, 11) is 1.33. The van der Waals surface area contributed by atoms with E-state index in [2.05, 4.69) is 0 Å². The molecule has 7 heteroatoms. The summed E-state index contributed by atoms with van der Waals surface area (Å²) in [6.07, 6.45) is 2.62. The van der Waals surface area contributed by atoms with Gasteiger partial charge in [-0.15, -0.1) is 0 Å². The fraction of sp³-hybridized carbons (Fsp3) is 0.526. The first-order valence-electron chi connectivity index (χ1n) is 8.87. The van der Waals surface area contributed by atoms with E-state index in [1.54, 1.807) is 4.90 Å². The number of piperazine rings is 1. The maximum absolute atomic E-state index is 13.1. The van der Waals surface area contributed by atoms with Crippen LogP contribution in [0.3, 0.4) is 0 Å². The van der Waals surface area contributed by atoms with Gasteiger partial charge in [-0.05, 0) is 23.6 Å². The molecule has 0 N–H and O–H groups in total. The molecule has 26 heavy (non-hydrogen) atoms. The number of methoxy groups -OCH3 is 1. The van der Waals surface area contributed by atoms with Gasteiger partial charge in [-0.25, -0.2) is 4.79 Å². The average Bonchev–Trinajstić information content (AvgIpc) is 2.64. The minimum Gasteiger partial charge on any atom is -0.467 e. The van der Waals surface area contributed by atoms with Crippen LogP contribution in [-0.4, -0.2) is 59.3 Å². The molecule has 0 aromatic heterocycles. The molecule has 1 aliphatic heterocycles. The predicted octanol–water partition coefficient (Wildman–Crippen LogP) is 2.83. The molecule has 1 fully saturated rings. The predicted molar refractivity (Wildman–Crippen MR) is 98.9 cm³/mol. The first-order valence-corrected chi connectivity index (χ1v) is 9.25. The topological polar surface area (TPSA) is 66.9 Å². The lowest BCUT2D eigenvalue weighted by atomic mass is 9.99. The molecule has 2 atom stereocenters. The number of amides is 2. The van der Waals surface area contributed by atoms with Crippen LogP contribution in [0.15, 0.2) is 30.3 Å².